The maximum atomic E-state index is 11.6. The summed E-state index contributed by atoms with van der Waals surface area (Å²) in [5.41, 5.74) is 1.43. The quantitative estimate of drug-likeness (QED) is 0.583. The van der Waals surface area contributed by atoms with Gasteiger partial charge in [-0.2, -0.15) is 0 Å². The molecular formula is C16H18O4. The maximum absolute atomic E-state index is 11.6. The van der Waals surface area contributed by atoms with E-state index in [2.05, 4.69) is 0 Å². The van der Waals surface area contributed by atoms with Crippen molar-refractivity contribution in [2.24, 2.45) is 0 Å². The molecular weight excluding hydrogens is 256 g/mol. The summed E-state index contributed by atoms with van der Waals surface area (Å²) in [7, 11) is 1.39. The van der Waals surface area contributed by atoms with Crippen molar-refractivity contribution < 1.29 is 19.0 Å². The van der Waals surface area contributed by atoms with Crippen LogP contribution in [-0.4, -0.2) is 24.8 Å². The standard InChI is InChI=1S/C16H18O4/c1-18-15(17)10-5-6-12-11(9-10)13-14(19-13)16(20-12)7-3-2-4-8-16/h5-6,9,13-14H,2-4,7-8H2,1H3/t13-,14-/m0/s1. The Morgan fingerprint density at radius 3 is 2.85 bits per heavy atom. The van der Waals surface area contributed by atoms with Gasteiger partial charge in [0.05, 0.1) is 12.7 Å². The first-order valence-corrected chi connectivity index (χ1v) is 7.30. The summed E-state index contributed by atoms with van der Waals surface area (Å²) in [6.45, 7) is 0. The molecule has 3 aliphatic rings. The van der Waals surface area contributed by atoms with Gasteiger partial charge in [0, 0.05) is 5.56 Å². The Morgan fingerprint density at radius 2 is 2.10 bits per heavy atom. The molecule has 106 valence electrons. The molecule has 1 aliphatic carbocycles. The van der Waals surface area contributed by atoms with Gasteiger partial charge in [-0.05, 0) is 43.9 Å². The fourth-order valence-corrected chi connectivity index (χ4v) is 3.67. The summed E-state index contributed by atoms with van der Waals surface area (Å²) in [6.07, 6.45) is 6.13. The van der Waals surface area contributed by atoms with Crippen molar-refractivity contribution in [2.45, 2.75) is 49.9 Å². The molecule has 2 atom stereocenters. The molecule has 0 bridgehead atoms. The predicted octanol–water partition coefficient (Wildman–Crippen LogP) is 3.01. The Morgan fingerprint density at radius 1 is 1.30 bits per heavy atom. The van der Waals surface area contributed by atoms with Gasteiger partial charge in [0.2, 0.25) is 0 Å². The van der Waals surface area contributed by atoms with Crippen LogP contribution in [-0.2, 0) is 9.47 Å². The van der Waals surface area contributed by atoms with Gasteiger partial charge >= 0.3 is 5.97 Å². The summed E-state index contributed by atoms with van der Waals surface area (Å²) >= 11 is 0. The van der Waals surface area contributed by atoms with Crippen LogP contribution in [0.4, 0.5) is 0 Å². The molecule has 4 nitrogen and oxygen atoms in total. The lowest BCUT2D eigenvalue weighted by Gasteiger charge is -2.39. The number of esters is 1. The molecule has 2 heterocycles. The van der Waals surface area contributed by atoms with Crippen molar-refractivity contribution in [3.05, 3.63) is 29.3 Å². The van der Waals surface area contributed by atoms with E-state index in [1.54, 1.807) is 6.07 Å². The zero-order chi connectivity index (χ0) is 13.7. The van der Waals surface area contributed by atoms with Crippen LogP contribution in [0.5, 0.6) is 5.75 Å². The highest BCUT2D eigenvalue weighted by atomic mass is 16.6. The molecule has 1 spiro atoms. The number of carbonyl (C=O) groups excluding carboxylic acids is 1. The Balaban J connectivity index is 1.69. The molecule has 0 N–H and O–H groups in total. The number of methoxy groups -OCH3 is 1. The average molecular weight is 274 g/mol. The Kier molecular flexibility index (Phi) is 2.58. The first kappa shape index (κ1) is 12.2. The molecule has 0 radical (unpaired) electrons. The van der Waals surface area contributed by atoms with Crippen LogP contribution >= 0.6 is 0 Å². The van der Waals surface area contributed by atoms with Crippen molar-refractivity contribution in [2.75, 3.05) is 7.11 Å². The van der Waals surface area contributed by atoms with E-state index in [-0.39, 0.29) is 23.8 Å². The minimum atomic E-state index is -0.317. The van der Waals surface area contributed by atoms with Crippen molar-refractivity contribution >= 4 is 5.97 Å². The summed E-state index contributed by atoms with van der Waals surface area (Å²) in [5.74, 6) is 0.557. The molecule has 1 aromatic rings. The number of fused-ring (bicyclic) bond motifs is 4. The van der Waals surface area contributed by atoms with Gasteiger partial charge in [-0.1, -0.05) is 6.42 Å². The predicted molar refractivity (Wildman–Crippen MR) is 71.8 cm³/mol. The Labute approximate surface area is 118 Å². The fraction of sp³-hybridized carbons (Fsp3) is 0.562. The number of hydrogen-bond acceptors (Lipinski definition) is 4. The number of rotatable bonds is 1. The largest absolute Gasteiger partial charge is 0.484 e. The van der Waals surface area contributed by atoms with E-state index in [0.717, 1.165) is 24.2 Å². The number of epoxide rings is 1. The minimum Gasteiger partial charge on any atom is -0.484 e. The molecule has 4 rings (SSSR count). The second kappa shape index (κ2) is 4.22. The average Bonchev–Trinajstić information content (AvgIpc) is 3.29. The molecule has 0 aromatic heterocycles. The normalized spacial score (nSPS) is 29.1. The van der Waals surface area contributed by atoms with Crippen LogP contribution in [0.1, 0.15) is 54.1 Å². The van der Waals surface area contributed by atoms with Crippen molar-refractivity contribution in [3.63, 3.8) is 0 Å². The van der Waals surface area contributed by atoms with Crippen molar-refractivity contribution in [1.29, 1.82) is 0 Å². The third-order valence-electron chi connectivity index (χ3n) is 4.76. The number of carbonyl (C=O) groups is 1. The lowest BCUT2D eigenvalue weighted by atomic mass is 9.78. The van der Waals surface area contributed by atoms with Crippen molar-refractivity contribution in [1.82, 2.24) is 0 Å². The molecule has 2 fully saturated rings. The second-order valence-electron chi connectivity index (χ2n) is 5.95. The Hall–Kier alpha value is -1.55. The van der Waals surface area contributed by atoms with Gasteiger partial charge in [0.15, 0.2) is 0 Å². The summed E-state index contributed by atoms with van der Waals surface area (Å²) < 4.78 is 17.0. The first-order chi connectivity index (χ1) is 9.73. The molecule has 2 aliphatic heterocycles. The summed E-state index contributed by atoms with van der Waals surface area (Å²) in [4.78, 5) is 11.6. The smallest absolute Gasteiger partial charge is 0.337 e. The van der Waals surface area contributed by atoms with E-state index < -0.39 is 0 Å². The second-order valence-corrected chi connectivity index (χ2v) is 5.95. The van der Waals surface area contributed by atoms with Crippen LogP contribution in [0.15, 0.2) is 18.2 Å². The molecule has 0 unspecified atom stereocenters. The van der Waals surface area contributed by atoms with E-state index >= 15 is 0 Å². The Bertz CT molecular complexity index is 560. The lowest BCUT2D eigenvalue weighted by molar-refractivity contribution is 0.00136. The van der Waals surface area contributed by atoms with E-state index in [9.17, 15) is 4.79 Å². The third-order valence-corrected chi connectivity index (χ3v) is 4.76. The number of benzene rings is 1. The van der Waals surface area contributed by atoms with Crippen LogP contribution < -0.4 is 4.74 Å². The zero-order valence-electron chi connectivity index (χ0n) is 11.6. The lowest BCUT2D eigenvalue weighted by Crippen LogP contribution is -2.45. The fourth-order valence-electron chi connectivity index (χ4n) is 3.67. The third kappa shape index (κ3) is 1.67. The number of hydrogen-bond donors (Lipinski definition) is 0. The molecule has 4 heteroatoms. The van der Waals surface area contributed by atoms with Crippen LogP contribution in [0, 0.1) is 0 Å². The van der Waals surface area contributed by atoms with Crippen molar-refractivity contribution in [3.8, 4) is 5.75 Å². The molecule has 20 heavy (non-hydrogen) atoms. The van der Waals surface area contributed by atoms with Gasteiger partial charge in [-0.3, -0.25) is 0 Å². The molecule has 1 saturated heterocycles. The van der Waals surface area contributed by atoms with E-state index in [4.69, 9.17) is 14.2 Å². The van der Waals surface area contributed by atoms with Gasteiger partial charge in [0.1, 0.15) is 23.6 Å². The summed E-state index contributed by atoms with van der Waals surface area (Å²) in [5, 5.41) is 0. The first-order valence-electron chi connectivity index (χ1n) is 7.30. The van der Waals surface area contributed by atoms with Crippen LogP contribution in [0.3, 0.4) is 0 Å². The van der Waals surface area contributed by atoms with Gasteiger partial charge < -0.3 is 14.2 Å². The number of ether oxygens (including phenoxy) is 3. The zero-order valence-corrected chi connectivity index (χ0v) is 11.6. The minimum absolute atomic E-state index is 0.0986. The summed E-state index contributed by atoms with van der Waals surface area (Å²) in [6, 6.07) is 5.50. The van der Waals surface area contributed by atoms with Gasteiger partial charge in [-0.25, -0.2) is 4.79 Å². The SMILES string of the molecule is COC(=O)c1ccc2c(c1)[C@@H]1O[C@@H]1C1(CCCCC1)O2. The monoisotopic (exact) mass is 274 g/mol. The highest BCUT2D eigenvalue weighted by Gasteiger charge is 2.61. The van der Waals surface area contributed by atoms with Crippen LogP contribution in [0.25, 0.3) is 0 Å². The van der Waals surface area contributed by atoms with E-state index in [0.29, 0.717) is 5.56 Å². The van der Waals surface area contributed by atoms with E-state index in [1.165, 1.54) is 26.4 Å². The highest BCUT2D eigenvalue weighted by molar-refractivity contribution is 5.89. The molecule has 0 amide bonds. The van der Waals surface area contributed by atoms with Gasteiger partial charge in [0.25, 0.3) is 0 Å². The maximum Gasteiger partial charge on any atom is 0.337 e. The molecule has 1 aromatic carbocycles. The highest BCUT2D eigenvalue weighted by Crippen LogP contribution is 2.57. The van der Waals surface area contributed by atoms with Crippen LogP contribution in [0.2, 0.25) is 0 Å². The van der Waals surface area contributed by atoms with Gasteiger partial charge in [-0.15, -0.1) is 0 Å². The topological polar surface area (TPSA) is 48.1 Å². The molecule has 1 saturated carbocycles. The van der Waals surface area contributed by atoms with E-state index in [1.807, 2.05) is 12.1 Å².